The molecule has 20 heavy (non-hydrogen) atoms. The van der Waals surface area contributed by atoms with Gasteiger partial charge in [0.1, 0.15) is 0 Å². The minimum absolute atomic E-state index is 0.142. The quantitative estimate of drug-likeness (QED) is 0.789. The molecule has 3 aromatic rings. The van der Waals surface area contributed by atoms with Gasteiger partial charge >= 0.3 is 5.69 Å². The molecule has 0 saturated carbocycles. The summed E-state index contributed by atoms with van der Waals surface area (Å²) in [5.41, 5.74) is 2.34. The molecule has 3 rings (SSSR count). The van der Waals surface area contributed by atoms with Crippen molar-refractivity contribution < 1.29 is 0 Å². The van der Waals surface area contributed by atoms with Crippen LogP contribution in [0.2, 0.25) is 0 Å². The zero-order valence-corrected chi connectivity index (χ0v) is 11.8. The molecule has 0 aliphatic heterocycles. The van der Waals surface area contributed by atoms with Crippen LogP contribution in [0.1, 0.15) is 19.5 Å². The predicted molar refractivity (Wildman–Crippen MR) is 79.9 cm³/mol. The number of imidazole rings is 1. The molecule has 0 bridgehead atoms. The summed E-state index contributed by atoms with van der Waals surface area (Å²) in [5, 5.41) is 0.970. The van der Waals surface area contributed by atoms with Gasteiger partial charge in [-0.15, -0.1) is 0 Å². The summed E-state index contributed by atoms with van der Waals surface area (Å²) in [7, 11) is 0. The van der Waals surface area contributed by atoms with Crippen molar-refractivity contribution in [3.63, 3.8) is 0 Å². The highest BCUT2D eigenvalue weighted by Gasteiger charge is 2.10. The van der Waals surface area contributed by atoms with Crippen LogP contribution in [0, 0.1) is 0 Å². The van der Waals surface area contributed by atoms with E-state index in [2.05, 4.69) is 28.7 Å². The molecule has 104 valence electrons. The highest BCUT2D eigenvalue weighted by Crippen LogP contribution is 2.16. The Bertz CT molecular complexity index is 798. The molecule has 0 aliphatic carbocycles. The van der Waals surface area contributed by atoms with E-state index in [1.54, 1.807) is 4.40 Å². The lowest BCUT2D eigenvalue weighted by Gasteiger charge is -2.15. The van der Waals surface area contributed by atoms with Gasteiger partial charge in [-0.05, 0) is 25.2 Å². The number of rotatable bonds is 4. The largest absolute Gasteiger partial charge is 0.331 e. The van der Waals surface area contributed by atoms with Crippen LogP contribution in [-0.2, 0) is 6.54 Å². The molecule has 5 heteroatoms. The summed E-state index contributed by atoms with van der Waals surface area (Å²) in [5.74, 6) is 0. The molecule has 2 heterocycles. The number of aromatic amines is 1. The van der Waals surface area contributed by atoms with Gasteiger partial charge < -0.3 is 4.98 Å². The van der Waals surface area contributed by atoms with Gasteiger partial charge in [0.05, 0.1) is 11.2 Å². The van der Waals surface area contributed by atoms with E-state index < -0.39 is 0 Å². The van der Waals surface area contributed by atoms with Gasteiger partial charge in [0, 0.05) is 18.1 Å². The van der Waals surface area contributed by atoms with Crippen LogP contribution >= 0.6 is 0 Å². The van der Waals surface area contributed by atoms with Crippen molar-refractivity contribution in [2.45, 2.75) is 20.4 Å². The number of fused-ring (bicyclic) bond motifs is 3. The van der Waals surface area contributed by atoms with Gasteiger partial charge in [-0.25, -0.2) is 9.78 Å². The fraction of sp³-hybridized carbons (Fsp3) is 0.333. The maximum atomic E-state index is 12.1. The van der Waals surface area contributed by atoms with Crippen molar-refractivity contribution in [2.24, 2.45) is 0 Å². The average molecular weight is 270 g/mol. The maximum Gasteiger partial charge on any atom is 0.331 e. The van der Waals surface area contributed by atoms with Crippen LogP contribution < -0.4 is 5.69 Å². The molecular formula is C15H18N4O. The molecule has 0 atom stereocenters. The summed E-state index contributed by atoms with van der Waals surface area (Å²) in [4.78, 5) is 21.9. The number of benzene rings is 1. The van der Waals surface area contributed by atoms with Crippen LogP contribution in [0.15, 0.2) is 35.3 Å². The van der Waals surface area contributed by atoms with Crippen LogP contribution in [0.25, 0.3) is 16.6 Å². The first-order valence-corrected chi connectivity index (χ1v) is 6.94. The first-order chi connectivity index (χ1) is 9.72. The van der Waals surface area contributed by atoms with E-state index in [4.69, 9.17) is 0 Å². The molecule has 0 fully saturated rings. The van der Waals surface area contributed by atoms with Crippen molar-refractivity contribution in [1.29, 1.82) is 0 Å². The molecule has 5 nitrogen and oxygen atoms in total. The minimum atomic E-state index is -0.142. The Kier molecular flexibility index (Phi) is 3.28. The molecule has 1 N–H and O–H groups in total. The Morgan fingerprint density at radius 1 is 1.25 bits per heavy atom. The van der Waals surface area contributed by atoms with Crippen LogP contribution in [-0.4, -0.2) is 32.4 Å². The highest BCUT2D eigenvalue weighted by atomic mass is 16.1. The van der Waals surface area contributed by atoms with Gasteiger partial charge in [0.15, 0.2) is 5.65 Å². The van der Waals surface area contributed by atoms with Gasteiger partial charge in [-0.2, -0.15) is 0 Å². The summed E-state index contributed by atoms with van der Waals surface area (Å²) >= 11 is 0. The van der Waals surface area contributed by atoms with Gasteiger partial charge in [0.25, 0.3) is 0 Å². The van der Waals surface area contributed by atoms with Gasteiger partial charge in [-0.1, -0.05) is 26.0 Å². The average Bonchev–Trinajstić information content (AvgIpc) is 2.89. The second-order valence-corrected chi connectivity index (χ2v) is 4.86. The first-order valence-electron chi connectivity index (χ1n) is 6.94. The topological polar surface area (TPSA) is 53.4 Å². The van der Waals surface area contributed by atoms with E-state index in [1.807, 2.05) is 30.5 Å². The maximum absolute atomic E-state index is 12.1. The summed E-state index contributed by atoms with van der Waals surface area (Å²) in [6.07, 6.45) is 1.83. The SMILES string of the molecule is CCN(CC)Cc1cn2c(=O)[nH]c3ccccc3c2n1. The fourth-order valence-corrected chi connectivity index (χ4v) is 2.49. The molecule has 0 aliphatic rings. The zero-order chi connectivity index (χ0) is 14.1. The zero-order valence-electron chi connectivity index (χ0n) is 11.8. The number of hydrogen-bond donors (Lipinski definition) is 1. The van der Waals surface area contributed by atoms with E-state index in [0.717, 1.165) is 41.9 Å². The lowest BCUT2D eigenvalue weighted by atomic mass is 10.2. The van der Waals surface area contributed by atoms with Crippen LogP contribution in [0.3, 0.4) is 0 Å². The standard InChI is InChI=1S/C15H18N4O/c1-3-18(4-2)9-11-10-19-14(16-11)12-7-5-6-8-13(12)17-15(19)20/h5-8,10H,3-4,9H2,1-2H3,(H,17,20). The predicted octanol–water partition coefficient (Wildman–Crippen LogP) is 2.02. The van der Waals surface area contributed by atoms with Crippen LogP contribution in [0.5, 0.6) is 0 Å². The lowest BCUT2D eigenvalue weighted by molar-refractivity contribution is 0.293. The van der Waals surface area contributed by atoms with Gasteiger partial charge in [-0.3, -0.25) is 9.30 Å². The number of aromatic nitrogens is 3. The number of nitrogens with one attached hydrogen (secondary N) is 1. The molecule has 0 unspecified atom stereocenters. The Morgan fingerprint density at radius 2 is 2.00 bits per heavy atom. The van der Waals surface area contributed by atoms with Crippen LogP contribution in [0.4, 0.5) is 0 Å². The second-order valence-electron chi connectivity index (χ2n) is 4.86. The summed E-state index contributed by atoms with van der Waals surface area (Å²) in [6.45, 7) is 6.97. The van der Waals surface area contributed by atoms with E-state index in [0.29, 0.717) is 0 Å². The Labute approximate surface area is 116 Å². The monoisotopic (exact) mass is 270 g/mol. The van der Waals surface area contributed by atoms with Crippen molar-refractivity contribution in [3.05, 3.63) is 46.6 Å². The van der Waals surface area contributed by atoms with Crippen molar-refractivity contribution in [3.8, 4) is 0 Å². The number of hydrogen-bond acceptors (Lipinski definition) is 3. The Morgan fingerprint density at radius 3 is 2.75 bits per heavy atom. The molecule has 1 aromatic carbocycles. The third kappa shape index (κ3) is 2.10. The van der Waals surface area contributed by atoms with Crippen molar-refractivity contribution >= 4 is 16.6 Å². The lowest BCUT2D eigenvalue weighted by Crippen LogP contribution is -2.22. The Balaban J connectivity index is 2.17. The molecule has 2 aromatic heterocycles. The van der Waals surface area contributed by atoms with Crippen molar-refractivity contribution in [2.75, 3.05) is 13.1 Å². The number of para-hydroxylation sites is 1. The highest BCUT2D eigenvalue weighted by molar-refractivity contribution is 5.90. The third-order valence-electron chi connectivity index (χ3n) is 3.66. The second kappa shape index (κ2) is 5.09. The normalized spacial score (nSPS) is 11.8. The smallest absolute Gasteiger partial charge is 0.306 e. The third-order valence-corrected chi connectivity index (χ3v) is 3.66. The molecule has 0 radical (unpaired) electrons. The van der Waals surface area contributed by atoms with E-state index in [-0.39, 0.29) is 5.69 Å². The minimum Gasteiger partial charge on any atom is -0.306 e. The van der Waals surface area contributed by atoms with E-state index >= 15 is 0 Å². The molecule has 0 amide bonds. The van der Waals surface area contributed by atoms with E-state index in [9.17, 15) is 4.79 Å². The molecular weight excluding hydrogens is 252 g/mol. The van der Waals surface area contributed by atoms with Gasteiger partial charge in [0.2, 0.25) is 0 Å². The molecule has 0 saturated heterocycles. The summed E-state index contributed by atoms with van der Waals surface area (Å²) in [6, 6.07) is 7.75. The Hall–Kier alpha value is -2.14. The number of H-pyrrole nitrogens is 1. The van der Waals surface area contributed by atoms with E-state index in [1.165, 1.54) is 0 Å². The number of nitrogens with zero attached hydrogens (tertiary/aromatic N) is 3. The first kappa shape index (κ1) is 12.9. The molecule has 0 spiro atoms. The van der Waals surface area contributed by atoms with Crippen molar-refractivity contribution in [1.82, 2.24) is 19.3 Å². The fourth-order valence-electron chi connectivity index (χ4n) is 2.49. The summed E-state index contributed by atoms with van der Waals surface area (Å²) < 4.78 is 1.60.